The van der Waals surface area contributed by atoms with Crippen molar-refractivity contribution in [2.24, 2.45) is 11.7 Å². The first-order valence-corrected chi connectivity index (χ1v) is 8.79. The first-order chi connectivity index (χ1) is 9.35. The first-order valence-electron chi connectivity index (χ1n) is 6.13. The number of sulfonamides is 1. The number of nitrogens with one attached hydrogen (secondary N) is 1. The topological polar surface area (TPSA) is 81.4 Å². The van der Waals surface area contributed by atoms with E-state index in [1.807, 2.05) is 0 Å². The van der Waals surface area contributed by atoms with E-state index in [0.717, 1.165) is 12.8 Å². The van der Waals surface area contributed by atoms with Crippen molar-refractivity contribution in [2.75, 3.05) is 13.7 Å². The van der Waals surface area contributed by atoms with Crippen molar-refractivity contribution < 1.29 is 13.2 Å². The van der Waals surface area contributed by atoms with Gasteiger partial charge in [-0.05, 0) is 46.8 Å². The van der Waals surface area contributed by atoms with Gasteiger partial charge in [-0.2, -0.15) is 0 Å². The Kier molecular flexibility index (Phi) is 6.77. The summed E-state index contributed by atoms with van der Waals surface area (Å²) in [5.41, 5.74) is 5.90. The highest BCUT2D eigenvalue weighted by atomic mass is 79.9. The van der Waals surface area contributed by atoms with Gasteiger partial charge in [-0.25, -0.2) is 13.1 Å². The number of hydrogen-bond donors (Lipinski definition) is 2. The van der Waals surface area contributed by atoms with E-state index in [4.69, 9.17) is 22.1 Å². The number of nitrogens with two attached hydrogens (primary N) is 1. The second-order valence-corrected chi connectivity index (χ2v) is 7.80. The summed E-state index contributed by atoms with van der Waals surface area (Å²) in [6.07, 6.45) is 2.13. The Morgan fingerprint density at radius 3 is 2.67 bits per heavy atom. The summed E-state index contributed by atoms with van der Waals surface area (Å²) < 4.78 is 32.8. The molecule has 0 bridgehead atoms. The molecule has 1 atom stereocenters. The molecule has 1 aromatic rings. The number of halogens is 3. The highest BCUT2D eigenvalue weighted by Crippen LogP contribution is 2.35. The Balaban J connectivity index is 0.00000220. The van der Waals surface area contributed by atoms with Crippen LogP contribution in [0.3, 0.4) is 0 Å². The van der Waals surface area contributed by atoms with Crippen LogP contribution in [0.25, 0.3) is 0 Å². The van der Waals surface area contributed by atoms with E-state index in [1.165, 1.54) is 13.2 Å². The van der Waals surface area contributed by atoms with Crippen LogP contribution in [0.4, 0.5) is 0 Å². The second-order valence-electron chi connectivity index (χ2n) is 4.77. The zero-order valence-electron chi connectivity index (χ0n) is 11.3. The lowest BCUT2D eigenvalue weighted by Crippen LogP contribution is -2.38. The molecule has 120 valence electrons. The fourth-order valence-electron chi connectivity index (χ4n) is 1.91. The molecule has 1 aliphatic carbocycles. The Labute approximate surface area is 144 Å². The molecule has 21 heavy (non-hydrogen) atoms. The average molecular weight is 420 g/mol. The van der Waals surface area contributed by atoms with Crippen molar-refractivity contribution >= 4 is 50.0 Å². The number of rotatable bonds is 6. The van der Waals surface area contributed by atoms with Crippen LogP contribution in [0.5, 0.6) is 5.75 Å². The van der Waals surface area contributed by atoms with Crippen LogP contribution >= 0.6 is 39.9 Å². The van der Waals surface area contributed by atoms with Crippen LogP contribution < -0.4 is 15.2 Å². The second kappa shape index (κ2) is 7.48. The number of ether oxygens (including phenoxy) is 1. The number of hydrogen-bond acceptors (Lipinski definition) is 4. The SMILES string of the molecule is COc1c(Br)cc(Cl)cc1S(=O)(=O)NCC(N)C1CC1.Cl. The fraction of sp³-hybridized carbons (Fsp3) is 0.500. The highest BCUT2D eigenvalue weighted by Gasteiger charge is 2.30. The molecule has 9 heteroatoms. The summed E-state index contributed by atoms with van der Waals surface area (Å²) >= 11 is 9.14. The summed E-state index contributed by atoms with van der Waals surface area (Å²) in [4.78, 5) is 0.00220. The van der Waals surface area contributed by atoms with Gasteiger partial charge in [-0.15, -0.1) is 12.4 Å². The average Bonchev–Trinajstić information content (AvgIpc) is 3.19. The molecule has 1 saturated carbocycles. The number of methoxy groups -OCH3 is 1. The van der Waals surface area contributed by atoms with Crippen molar-refractivity contribution in [3.05, 3.63) is 21.6 Å². The van der Waals surface area contributed by atoms with Crippen LogP contribution in [0.2, 0.25) is 5.02 Å². The predicted molar refractivity (Wildman–Crippen MR) is 88.8 cm³/mol. The van der Waals surface area contributed by atoms with Crippen LogP contribution in [0.1, 0.15) is 12.8 Å². The maximum atomic E-state index is 12.3. The van der Waals surface area contributed by atoms with E-state index in [0.29, 0.717) is 15.4 Å². The monoisotopic (exact) mass is 418 g/mol. The third kappa shape index (κ3) is 4.71. The minimum Gasteiger partial charge on any atom is -0.494 e. The van der Waals surface area contributed by atoms with Gasteiger partial charge in [0.25, 0.3) is 0 Å². The maximum absolute atomic E-state index is 12.3. The largest absolute Gasteiger partial charge is 0.494 e. The van der Waals surface area contributed by atoms with Crippen molar-refractivity contribution in [3.8, 4) is 5.75 Å². The van der Waals surface area contributed by atoms with Gasteiger partial charge >= 0.3 is 0 Å². The molecule has 1 fully saturated rings. The molecule has 0 aliphatic heterocycles. The summed E-state index contributed by atoms with van der Waals surface area (Å²) in [6.45, 7) is 0.209. The Hall–Kier alpha value is -0.0500. The lowest BCUT2D eigenvalue weighted by molar-refractivity contribution is 0.399. The summed E-state index contributed by atoms with van der Waals surface area (Å²) in [7, 11) is -2.31. The highest BCUT2D eigenvalue weighted by molar-refractivity contribution is 9.10. The summed E-state index contributed by atoms with van der Waals surface area (Å²) in [5, 5.41) is 0.310. The summed E-state index contributed by atoms with van der Waals surface area (Å²) in [6, 6.07) is 2.78. The van der Waals surface area contributed by atoms with E-state index in [-0.39, 0.29) is 35.6 Å². The minimum atomic E-state index is -3.72. The zero-order chi connectivity index (χ0) is 14.9. The Bertz CT molecular complexity index is 609. The van der Waals surface area contributed by atoms with Gasteiger partial charge in [-0.3, -0.25) is 0 Å². The molecule has 1 aromatic carbocycles. The van der Waals surface area contributed by atoms with E-state index in [9.17, 15) is 8.42 Å². The third-order valence-electron chi connectivity index (χ3n) is 3.20. The molecule has 0 heterocycles. The van der Waals surface area contributed by atoms with Gasteiger partial charge in [0, 0.05) is 17.6 Å². The maximum Gasteiger partial charge on any atom is 0.244 e. The third-order valence-corrected chi connectivity index (χ3v) is 5.44. The lowest BCUT2D eigenvalue weighted by atomic mass is 10.2. The molecule has 0 amide bonds. The molecule has 0 aromatic heterocycles. The van der Waals surface area contributed by atoms with Crippen molar-refractivity contribution in [1.29, 1.82) is 0 Å². The first kappa shape index (κ1) is 19.0. The number of benzene rings is 1. The van der Waals surface area contributed by atoms with Crippen LogP contribution in [0, 0.1) is 5.92 Å². The molecule has 0 radical (unpaired) electrons. The fourth-order valence-corrected chi connectivity index (χ4v) is 4.36. The van der Waals surface area contributed by atoms with Gasteiger partial charge in [0.1, 0.15) is 4.90 Å². The lowest BCUT2D eigenvalue weighted by Gasteiger charge is -2.15. The van der Waals surface area contributed by atoms with Crippen molar-refractivity contribution in [3.63, 3.8) is 0 Å². The molecular formula is C12H17BrCl2N2O3S. The van der Waals surface area contributed by atoms with E-state index in [2.05, 4.69) is 20.7 Å². The molecule has 1 aliphatic rings. The zero-order valence-corrected chi connectivity index (χ0v) is 15.3. The summed E-state index contributed by atoms with van der Waals surface area (Å²) in [5.74, 6) is 0.646. The molecule has 2 rings (SSSR count). The standard InChI is InChI=1S/C12H16BrClN2O3S.ClH/c1-19-12-9(13)4-8(14)5-11(12)20(17,18)16-6-10(15)7-2-3-7;/h4-5,7,10,16H,2-3,6,15H2,1H3;1H. The normalized spacial score (nSPS) is 16.2. The van der Waals surface area contributed by atoms with E-state index < -0.39 is 10.0 Å². The molecule has 5 nitrogen and oxygen atoms in total. The quantitative estimate of drug-likeness (QED) is 0.742. The molecular weight excluding hydrogens is 403 g/mol. The molecule has 3 N–H and O–H groups in total. The molecule has 0 saturated heterocycles. The van der Waals surface area contributed by atoms with Crippen molar-refractivity contribution in [2.45, 2.75) is 23.8 Å². The smallest absolute Gasteiger partial charge is 0.244 e. The predicted octanol–water partition coefficient (Wildman–Crippen LogP) is 2.55. The van der Waals surface area contributed by atoms with Crippen LogP contribution in [0.15, 0.2) is 21.5 Å². The van der Waals surface area contributed by atoms with E-state index in [1.54, 1.807) is 6.07 Å². The van der Waals surface area contributed by atoms with Gasteiger partial charge in [0.15, 0.2) is 5.75 Å². The van der Waals surface area contributed by atoms with Gasteiger partial charge < -0.3 is 10.5 Å². The molecule has 1 unspecified atom stereocenters. The van der Waals surface area contributed by atoms with Crippen molar-refractivity contribution in [1.82, 2.24) is 4.72 Å². The van der Waals surface area contributed by atoms with E-state index >= 15 is 0 Å². The minimum absolute atomic E-state index is 0. The Morgan fingerprint density at radius 1 is 1.52 bits per heavy atom. The van der Waals surface area contributed by atoms with Gasteiger partial charge in [0.2, 0.25) is 10.0 Å². The van der Waals surface area contributed by atoms with Crippen LogP contribution in [-0.2, 0) is 10.0 Å². The van der Waals surface area contributed by atoms with Crippen LogP contribution in [-0.4, -0.2) is 28.1 Å². The van der Waals surface area contributed by atoms with Gasteiger partial charge in [0.05, 0.1) is 11.6 Å². The Morgan fingerprint density at radius 2 is 2.14 bits per heavy atom. The van der Waals surface area contributed by atoms with Gasteiger partial charge in [-0.1, -0.05) is 11.6 Å². The molecule has 0 spiro atoms.